The van der Waals surface area contributed by atoms with E-state index >= 15 is 0 Å². The summed E-state index contributed by atoms with van der Waals surface area (Å²) in [6.07, 6.45) is 4.92. The van der Waals surface area contributed by atoms with Crippen LogP contribution in [-0.4, -0.2) is 22.0 Å². The van der Waals surface area contributed by atoms with E-state index in [0.29, 0.717) is 6.42 Å². The number of aromatic hydroxyl groups is 1. The summed E-state index contributed by atoms with van der Waals surface area (Å²) in [6, 6.07) is 10.5. The molecule has 1 aromatic heterocycles. The lowest BCUT2D eigenvalue weighted by molar-refractivity contribution is -0.123. The monoisotopic (exact) mass is 368 g/mol. The number of amides is 1. The number of aromatic nitrogens is 1. The molecule has 27 heavy (non-hydrogen) atoms. The van der Waals surface area contributed by atoms with Crippen LogP contribution in [-0.2, 0) is 4.79 Å². The number of carbonyl (C=O) groups excluding carboxylic acids is 1. The maximum absolute atomic E-state index is 12.9. The molecule has 1 aliphatic rings. The molecule has 0 radical (unpaired) electrons. The Morgan fingerprint density at radius 3 is 2.70 bits per heavy atom. The van der Waals surface area contributed by atoms with Gasteiger partial charge in [-0.1, -0.05) is 45.0 Å². The summed E-state index contributed by atoms with van der Waals surface area (Å²) in [5.41, 5.74) is 8.04. The summed E-state index contributed by atoms with van der Waals surface area (Å²) in [5.74, 6) is 0.178. The summed E-state index contributed by atoms with van der Waals surface area (Å²) < 4.78 is 0. The highest BCUT2D eigenvalue weighted by Gasteiger charge is 2.33. The van der Waals surface area contributed by atoms with Gasteiger partial charge in [0.1, 0.15) is 11.8 Å². The minimum Gasteiger partial charge on any atom is -0.508 e. The van der Waals surface area contributed by atoms with Gasteiger partial charge >= 0.3 is 0 Å². The number of nitrogens with zero attached hydrogens (tertiary/aromatic N) is 1. The first kappa shape index (κ1) is 19.3. The average Bonchev–Trinajstić information content (AvgIpc) is 3.11. The van der Waals surface area contributed by atoms with Gasteiger partial charge in [-0.05, 0) is 36.0 Å². The molecule has 1 aromatic carbocycles. The van der Waals surface area contributed by atoms with Crippen LogP contribution in [0.1, 0.15) is 56.8 Å². The van der Waals surface area contributed by atoms with Crippen LogP contribution in [0.25, 0.3) is 0 Å². The van der Waals surface area contributed by atoms with Gasteiger partial charge in [0.2, 0.25) is 5.91 Å². The number of carbonyl (C=O) groups is 1. The Hall–Kier alpha value is -2.44. The summed E-state index contributed by atoms with van der Waals surface area (Å²) in [7, 11) is 0. The number of hydrogen-bond donors (Lipinski definition) is 4. The van der Waals surface area contributed by atoms with Crippen LogP contribution in [0.4, 0.5) is 0 Å². The first-order valence-corrected chi connectivity index (χ1v) is 9.33. The smallest absolute Gasteiger partial charge is 0.239 e. The van der Waals surface area contributed by atoms with Gasteiger partial charge in [-0.15, -0.1) is 0 Å². The fraction of sp³-hybridized carbons (Fsp3) is 0.429. The molecule has 1 aliphatic heterocycles. The molecule has 4 N–H and O–H groups in total. The van der Waals surface area contributed by atoms with Crippen LogP contribution in [0.3, 0.4) is 0 Å². The van der Waals surface area contributed by atoms with E-state index in [4.69, 9.17) is 0 Å². The van der Waals surface area contributed by atoms with E-state index in [0.717, 1.165) is 17.5 Å². The van der Waals surface area contributed by atoms with E-state index in [1.807, 2.05) is 30.5 Å². The third-order valence-electron chi connectivity index (χ3n) is 4.75. The van der Waals surface area contributed by atoms with Crippen LogP contribution in [0.2, 0.25) is 0 Å². The molecule has 144 valence electrons. The molecule has 3 unspecified atom stereocenters. The van der Waals surface area contributed by atoms with Crippen molar-refractivity contribution in [2.24, 2.45) is 5.41 Å². The van der Waals surface area contributed by atoms with Crippen molar-refractivity contribution in [1.82, 2.24) is 21.2 Å². The van der Waals surface area contributed by atoms with Crippen LogP contribution in [0, 0.1) is 5.41 Å². The largest absolute Gasteiger partial charge is 0.508 e. The number of phenols is 1. The lowest BCUT2D eigenvalue weighted by Crippen LogP contribution is -2.45. The topological polar surface area (TPSA) is 86.3 Å². The average molecular weight is 368 g/mol. The number of hydrazine groups is 1. The Morgan fingerprint density at radius 2 is 2.04 bits per heavy atom. The van der Waals surface area contributed by atoms with E-state index in [-0.39, 0.29) is 35.2 Å². The van der Waals surface area contributed by atoms with Gasteiger partial charge in [0.25, 0.3) is 0 Å². The molecule has 1 fully saturated rings. The van der Waals surface area contributed by atoms with Gasteiger partial charge in [-0.2, -0.15) is 0 Å². The number of nitrogens with one attached hydrogen (secondary N) is 3. The van der Waals surface area contributed by atoms with Gasteiger partial charge in [-0.3, -0.25) is 9.78 Å². The van der Waals surface area contributed by atoms with Crippen molar-refractivity contribution in [3.05, 3.63) is 59.9 Å². The van der Waals surface area contributed by atoms with Crippen LogP contribution in [0.15, 0.2) is 48.8 Å². The van der Waals surface area contributed by atoms with Crippen LogP contribution in [0.5, 0.6) is 5.75 Å². The molecule has 2 heterocycles. The van der Waals surface area contributed by atoms with Crippen molar-refractivity contribution in [2.45, 2.75) is 51.7 Å². The van der Waals surface area contributed by atoms with Gasteiger partial charge in [0.15, 0.2) is 0 Å². The van der Waals surface area contributed by atoms with E-state index in [1.165, 1.54) is 0 Å². The molecule has 1 saturated heterocycles. The fourth-order valence-electron chi connectivity index (χ4n) is 3.43. The van der Waals surface area contributed by atoms with Crippen molar-refractivity contribution in [1.29, 1.82) is 0 Å². The first-order chi connectivity index (χ1) is 12.8. The quantitative estimate of drug-likeness (QED) is 0.652. The normalized spacial score (nSPS) is 21.0. The highest BCUT2D eigenvalue weighted by molar-refractivity contribution is 5.82. The van der Waals surface area contributed by atoms with E-state index in [1.54, 1.807) is 18.3 Å². The second-order valence-corrected chi connectivity index (χ2v) is 8.30. The molecule has 2 aromatic rings. The van der Waals surface area contributed by atoms with E-state index in [2.05, 4.69) is 41.9 Å². The van der Waals surface area contributed by atoms with Crippen molar-refractivity contribution in [3.8, 4) is 5.75 Å². The molecular formula is C21H28N4O2. The Balaban J connectivity index is 1.68. The first-order valence-electron chi connectivity index (χ1n) is 9.33. The zero-order valence-corrected chi connectivity index (χ0v) is 16.1. The SMILES string of the molecule is CC(C)(C)CC(NC(=O)C1CC(c2ccccc2O)NN1)c1cccnc1. The zero-order valence-electron chi connectivity index (χ0n) is 16.1. The summed E-state index contributed by atoms with van der Waals surface area (Å²) in [4.78, 5) is 17.1. The molecule has 3 rings (SSSR count). The van der Waals surface area contributed by atoms with Gasteiger partial charge in [-0.25, -0.2) is 10.9 Å². The van der Waals surface area contributed by atoms with Crippen molar-refractivity contribution in [2.75, 3.05) is 0 Å². The zero-order chi connectivity index (χ0) is 19.4. The fourth-order valence-corrected chi connectivity index (χ4v) is 3.43. The van der Waals surface area contributed by atoms with Crippen LogP contribution < -0.4 is 16.2 Å². The van der Waals surface area contributed by atoms with Crippen LogP contribution >= 0.6 is 0 Å². The molecule has 1 amide bonds. The van der Waals surface area contributed by atoms with Gasteiger partial charge < -0.3 is 10.4 Å². The summed E-state index contributed by atoms with van der Waals surface area (Å²) >= 11 is 0. The lowest BCUT2D eigenvalue weighted by atomic mass is 9.85. The molecule has 6 nitrogen and oxygen atoms in total. The Morgan fingerprint density at radius 1 is 1.26 bits per heavy atom. The van der Waals surface area contributed by atoms with E-state index < -0.39 is 0 Å². The highest BCUT2D eigenvalue weighted by Crippen LogP contribution is 2.31. The Kier molecular flexibility index (Phi) is 5.77. The minimum absolute atomic E-state index is 0.0569. The van der Waals surface area contributed by atoms with Crippen molar-refractivity contribution >= 4 is 5.91 Å². The number of hydrogen-bond acceptors (Lipinski definition) is 5. The number of para-hydroxylation sites is 1. The van der Waals surface area contributed by atoms with Crippen molar-refractivity contribution < 1.29 is 9.90 Å². The predicted molar refractivity (Wildman–Crippen MR) is 105 cm³/mol. The molecule has 0 spiro atoms. The molecule has 0 saturated carbocycles. The second kappa shape index (κ2) is 8.06. The number of benzene rings is 1. The highest BCUT2D eigenvalue weighted by atomic mass is 16.3. The van der Waals surface area contributed by atoms with Crippen molar-refractivity contribution in [3.63, 3.8) is 0 Å². The number of phenolic OH excluding ortho intramolecular Hbond substituents is 1. The Labute approximate surface area is 160 Å². The maximum atomic E-state index is 12.9. The minimum atomic E-state index is -0.367. The second-order valence-electron chi connectivity index (χ2n) is 8.30. The number of pyridine rings is 1. The summed E-state index contributed by atoms with van der Waals surface area (Å²) in [5, 5.41) is 13.2. The van der Waals surface area contributed by atoms with Gasteiger partial charge in [0, 0.05) is 18.0 Å². The summed E-state index contributed by atoms with van der Waals surface area (Å²) in [6.45, 7) is 6.48. The molecule has 3 atom stereocenters. The van der Waals surface area contributed by atoms with Gasteiger partial charge in [0.05, 0.1) is 12.1 Å². The Bertz CT molecular complexity index is 773. The predicted octanol–water partition coefficient (Wildman–Crippen LogP) is 2.99. The number of rotatable bonds is 5. The molecule has 0 bridgehead atoms. The lowest BCUT2D eigenvalue weighted by Gasteiger charge is -2.28. The third-order valence-corrected chi connectivity index (χ3v) is 4.75. The maximum Gasteiger partial charge on any atom is 0.239 e. The van der Waals surface area contributed by atoms with E-state index in [9.17, 15) is 9.90 Å². The molecule has 6 heteroatoms. The third kappa shape index (κ3) is 5.05. The molecule has 0 aliphatic carbocycles. The molecular weight excluding hydrogens is 340 g/mol. The standard InChI is InChI=1S/C21H28N4O2/c1-21(2,3)12-18(14-7-6-10-22-13-14)23-20(27)17-11-16(24-25-17)15-8-4-5-9-19(15)26/h4-10,13,16-18,24-26H,11-12H2,1-3H3,(H,23,27).